The highest BCUT2D eigenvalue weighted by Gasteiger charge is 2.26. The highest BCUT2D eigenvalue weighted by molar-refractivity contribution is 6.22. The number of carbonyl (C=O) groups excluding carboxylic acids is 2. The second-order valence-electron chi connectivity index (χ2n) is 6.95. The summed E-state index contributed by atoms with van der Waals surface area (Å²) in [5.74, 6) is -0.217. The predicted molar refractivity (Wildman–Crippen MR) is 111 cm³/mol. The zero-order chi connectivity index (χ0) is 19.8. The van der Waals surface area contributed by atoms with Crippen LogP contribution in [-0.4, -0.2) is 21.5 Å². The minimum atomic E-state index is -0.240. The largest absolute Gasteiger partial charge is 0.321 e. The number of fused-ring (bicyclic) bond motifs is 3. The van der Waals surface area contributed by atoms with Gasteiger partial charge in [-0.05, 0) is 41.0 Å². The standard InChI is InChI=1S/C24H17N3O2/c28-23-19-9-5-4-8-18(19)21-14-17(10-11-20(21)23)26-24(29)22-12-13-25-27(22)15-16-6-2-1-3-7-16/h1-14H,15H2,(H,26,29). The molecule has 1 aliphatic rings. The minimum Gasteiger partial charge on any atom is -0.321 e. The van der Waals surface area contributed by atoms with Crippen LogP contribution in [0.3, 0.4) is 0 Å². The van der Waals surface area contributed by atoms with E-state index in [0.29, 0.717) is 29.1 Å². The maximum atomic E-state index is 12.9. The van der Waals surface area contributed by atoms with Crippen molar-refractivity contribution in [1.82, 2.24) is 9.78 Å². The predicted octanol–water partition coefficient (Wildman–Crippen LogP) is 4.40. The second kappa shape index (κ2) is 6.87. The molecule has 1 aromatic heterocycles. The van der Waals surface area contributed by atoms with Gasteiger partial charge in [-0.15, -0.1) is 0 Å². The average molecular weight is 379 g/mol. The van der Waals surface area contributed by atoms with Crippen LogP contribution < -0.4 is 5.32 Å². The van der Waals surface area contributed by atoms with Crippen molar-refractivity contribution in [1.29, 1.82) is 0 Å². The molecule has 0 aliphatic heterocycles. The summed E-state index contributed by atoms with van der Waals surface area (Å²) < 4.78 is 1.68. The number of amides is 1. The van der Waals surface area contributed by atoms with E-state index in [2.05, 4.69) is 10.4 Å². The number of carbonyl (C=O) groups is 2. The molecule has 0 atom stereocenters. The molecule has 1 N–H and O–H groups in total. The van der Waals surface area contributed by atoms with Gasteiger partial charge in [0.15, 0.2) is 5.78 Å². The fourth-order valence-corrected chi connectivity index (χ4v) is 3.71. The molecule has 0 spiro atoms. The summed E-state index contributed by atoms with van der Waals surface area (Å²) in [5.41, 5.74) is 5.30. The zero-order valence-electron chi connectivity index (χ0n) is 15.5. The second-order valence-corrected chi connectivity index (χ2v) is 6.95. The van der Waals surface area contributed by atoms with E-state index in [1.54, 1.807) is 29.1 Å². The molecule has 29 heavy (non-hydrogen) atoms. The first-order valence-electron chi connectivity index (χ1n) is 9.36. The van der Waals surface area contributed by atoms with E-state index in [1.165, 1.54) is 0 Å². The third-order valence-electron chi connectivity index (χ3n) is 5.11. The molecule has 1 heterocycles. The number of anilines is 1. The molecule has 5 rings (SSSR count). The average Bonchev–Trinajstić information content (AvgIpc) is 3.32. The summed E-state index contributed by atoms with van der Waals surface area (Å²) in [5, 5.41) is 7.22. The van der Waals surface area contributed by atoms with Gasteiger partial charge >= 0.3 is 0 Å². The zero-order valence-corrected chi connectivity index (χ0v) is 15.5. The molecule has 1 amide bonds. The van der Waals surface area contributed by atoms with Gasteiger partial charge in [0.25, 0.3) is 5.91 Å². The Bertz CT molecular complexity index is 1240. The third kappa shape index (κ3) is 3.02. The first-order valence-corrected chi connectivity index (χ1v) is 9.36. The lowest BCUT2D eigenvalue weighted by molar-refractivity contribution is 0.101. The van der Waals surface area contributed by atoms with Crippen LogP contribution in [0.25, 0.3) is 11.1 Å². The van der Waals surface area contributed by atoms with Crippen LogP contribution in [0, 0.1) is 0 Å². The molecule has 5 nitrogen and oxygen atoms in total. The van der Waals surface area contributed by atoms with Gasteiger partial charge in [-0.1, -0.05) is 54.6 Å². The lowest BCUT2D eigenvalue weighted by atomic mass is 10.1. The van der Waals surface area contributed by atoms with Gasteiger partial charge in [0.1, 0.15) is 5.69 Å². The normalized spacial score (nSPS) is 11.8. The van der Waals surface area contributed by atoms with Crippen molar-refractivity contribution < 1.29 is 9.59 Å². The molecule has 0 unspecified atom stereocenters. The molecule has 0 radical (unpaired) electrons. The van der Waals surface area contributed by atoms with Gasteiger partial charge in [0, 0.05) is 23.0 Å². The molecule has 3 aromatic carbocycles. The maximum Gasteiger partial charge on any atom is 0.273 e. The Balaban J connectivity index is 1.41. The first kappa shape index (κ1) is 17.1. The van der Waals surface area contributed by atoms with Crippen LogP contribution in [0.4, 0.5) is 5.69 Å². The quantitative estimate of drug-likeness (QED) is 0.504. The van der Waals surface area contributed by atoms with E-state index < -0.39 is 0 Å². The Morgan fingerprint density at radius 1 is 0.828 bits per heavy atom. The molecule has 0 saturated carbocycles. The Morgan fingerprint density at radius 2 is 1.55 bits per heavy atom. The number of ketones is 1. The number of benzene rings is 3. The molecular formula is C24H17N3O2. The Morgan fingerprint density at radius 3 is 2.38 bits per heavy atom. The Hall–Kier alpha value is -3.99. The van der Waals surface area contributed by atoms with Crippen LogP contribution in [0.1, 0.15) is 32.0 Å². The Kier molecular flexibility index (Phi) is 4.06. The van der Waals surface area contributed by atoms with E-state index in [-0.39, 0.29) is 11.7 Å². The van der Waals surface area contributed by atoms with Gasteiger partial charge < -0.3 is 5.32 Å². The topological polar surface area (TPSA) is 64.0 Å². The van der Waals surface area contributed by atoms with Crippen molar-refractivity contribution in [3.05, 3.63) is 107 Å². The van der Waals surface area contributed by atoms with E-state index in [9.17, 15) is 9.59 Å². The van der Waals surface area contributed by atoms with E-state index in [1.807, 2.05) is 60.7 Å². The molecule has 140 valence electrons. The van der Waals surface area contributed by atoms with E-state index in [0.717, 1.165) is 16.7 Å². The minimum absolute atomic E-state index is 0.0226. The summed E-state index contributed by atoms with van der Waals surface area (Å²) >= 11 is 0. The van der Waals surface area contributed by atoms with Crippen molar-refractivity contribution in [3.8, 4) is 11.1 Å². The maximum absolute atomic E-state index is 12.9. The number of rotatable bonds is 4. The molecule has 1 aliphatic carbocycles. The fourth-order valence-electron chi connectivity index (χ4n) is 3.71. The summed E-state index contributed by atoms with van der Waals surface area (Å²) in [6.45, 7) is 0.517. The van der Waals surface area contributed by atoms with Crippen LogP contribution in [0.2, 0.25) is 0 Å². The molecule has 4 aromatic rings. The Labute approximate surface area is 167 Å². The number of hydrogen-bond acceptors (Lipinski definition) is 3. The van der Waals surface area contributed by atoms with E-state index >= 15 is 0 Å². The van der Waals surface area contributed by atoms with Gasteiger partial charge in [-0.3, -0.25) is 14.3 Å². The first-order chi connectivity index (χ1) is 14.2. The highest BCUT2D eigenvalue weighted by Crippen LogP contribution is 2.37. The van der Waals surface area contributed by atoms with Gasteiger partial charge in [-0.25, -0.2) is 0 Å². The van der Waals surface area contributed by atoms with Gasteiger partial charge in [-0.2, -0.15) is 5.10 Å². The number of aromatic nitrogens is 2. The van der Waals surface area contributed by atoms with Crippen LogP contribution in [0.15, 0.2) is 85.1 Å². The van der Waals surface area contributed by atoms with Crippen molar-refractivity contribution in [2.24, 2.45) is 0 Å². The monoisotopic (exact) mass is 379 g/mol. The summed E-state index contributed by atoms with van der Waals surface area (Å²) in [4.78, 5) is 25.4. The van der Waals surface area contributed by atoms with Crippen molar-refractivity contribution in [2.75, 3.05) is 5.32 Å². The summed E-state index contributed by atoms with van der Waals surface area (Å²) in [6, 6.07) is 24.5. The number of hydrogen-bond donors (Lipinski definition) is 1. The van der Waals surface area contributed by atoms with Gasteiger partial charge in [0.2, 0.25) is 0 Å². The summed E-state index contributed by atoms with van der Waals surface area (Å²) in [6.07, 6.45) is 1.62. The SMILES string of the molecule is O=C1c2ccccc2-c2cc(NC(=O)c3ccnn3Cc3ccccc3)ccc21. The number of nitrogens with zero attached hydrogens (tertiary/aromatic N) is 2. The molecule has 5 heteroatoms. The molecule has 0 bridgehead atoms. The highest BCUT2D eigenvalue weighted by atomic mass is 16.2. The smallest absolute Gasteiger partial charge is 0.273 e. The van der Waals surface area contributed by atoms with Crippen molar-refractivity contribution >= 4 is 17.4 Å². The summed E-state index contributed by atoms with van der Waals surface area (Å²) in [7, 11) is 0. The van der Waals surface area contributed by atoms with Crippen LogP contribution in [-0.2, 0) is 6.54 Å². The van der Waals surface area contributed by atoms with Crippen molar-refractivity contribution in [3.63, 3.8) is 0 Å². The fraction of sp³-hybridized carbons (Fsp3) is 0.0417. The lowest BCUT2D eigenvalue weighted by Crippen LogP contribution is -2.18. The third-order valence-corrected chi connectivity index (χ3v) is 5.11. The number of nitrogens with one attached hydrogen (secondary N) is 1. The van der Waals surface area contributed by atoms with Crippen LogP contribution >= 0.6 is 0 Å². The molecule has 0 fully saturated rings. The molecular weight excluding hydrogens is 362 g/mol. The van der Waals surface area contributed by atoms with Crippen LogP contribution in [0.5, 0.6) is 0 Å². The lowest BCUT2D eigenvalue weighted by Gasteiger charge is -2.10. The molecule has 0 saturated heterocycles. The van der Waals surface area contributed by atoms with Crippen molar-refractivity contribution in [2.45, 2.75) is 6.54 Å². The van der Waals surface area contributed by atoms with E-state index in [4.69, 9.17) is 0 Å². The van der Waals surface area contributed by atoms with Gasteiger partial charge in [0.05, 0.1) is 6.54 Å².